The van der Waals surface area contributed by atoms with Crippen LogP contribution in [0.15, 0.2) is 77.7 Å². The second-order valence-electron chi connectivity index (χ2n) is 10.5. The van der Waals surface area contributed by atoms with E-state index in [4.69, 9.17) is 9.47 Å². The predicted molar refractivity (Wildman–Crippen MR) is 162 cm³/mol. The molecule has 1 fully saturated rings. The van der Waals surface area contributed by atoms with Gasteiger partial charge < -0.3 is 19.7 Å². The number of rotatable bonds is 12. The number of ether oxygens (including phenoxy) is 2. The van der Waals surface area contributed by atoms with E-state index < -0.39 is 28.5 Å². The minimum Gasteiger partial charge on any atom is -0.497 e. The van der Waals surface area contributed by atoms with Crippen molar-refractivity contribution in [3.8, 4) is 11.5 Å². The Morgan fingerprint density at radius 1 is 0.952 bits per heavy atom. The van der Waals surface area contributed by atoms with Crippen LogP contribution in [0.25, 0.3) is 0 Å². The van der Waals surface area contributed by atoms with Crippen LogP contribution in [-0.2, 0) is 26.2 Å². The molecule has 4 rings (SSSR count). The summed E-state index contributed by atoms with van der Waals surface area (Å²) in [6.45, 7) is 3.08. The molecule has 0 saturated heterocycles. The van der Waals surface area contributed by atoms with Crippen LogP contribution in [0.3, 0.4) is 0 Å². The highest BCUT2D eigenvalue weighted by molar-refractivity contribution is 7.92. The first kappa shape index (κ1) is 30.9. The molecular formula is C32H39N3O6S. The van der Waals surface area contributed by atoms with Gasteiger partial charge in [0.2, 0.25) is 11.8 Å². The van der Waals surface area contributed by atoms with E-state index >= 15 is 0 Å². The number of sulfonamides is 1. The van der Waals surface area contributed by atoms with Gasteiger partial charge in [-0.2, -0.15) is 0 Å². The zero-order chi connectivity index (χ0) is 30.3. The molecule has 0 aliphatic heterocycles. The van der Waals surface area contributed by atoms with Gasteiger partial charge in [0.05, 0.1) is 24.8 Å². The van der Waals surface area contributed by atoms with Crippen molar-refractivity contribution < 1.29 is 27.5 Å². The maximum atomic E-state index is 14.2. The summed E-state index contributed by atoms with van der Waals surface area (Å²) in [6.07, 6.45) is 3.91. The maximum absolute atomic E-state index is 14.2. The quantitative estimate of drug-likeness (QED) is 0.327. The number of benzene rings is 3. The maximum Gasteiger partial charge on any atom is 0.264 e. The molecule has 0 unspecified atom stereocenters. The number of carbonyl (C=O) groups is 2. The molecule has 0 heterocycles. The number of para-hydroxylation sites is 2. The number of aryl methyl sites for hydroxylation is 1. The molecular weight excluding hydrogens is 554 g/mol. The third kappa shape index (κ3) is 7.23. The Hall–Kier alpha value is -4.05. The number of amides is 2. The van der Waals surface area contributed by atoms with Crippen LogP contribution < -0.4 is 19.1 Å². The summed E-state index contributed by atoms with van der Waals surface area (Å²) in [5.41, 5.74) is 1.87. The van der Waals surface area contributed by atoms with Crippen LogP contribution in [0, 0.1) is 6.92 Å². The Kier molecular flexibility index (Phi) is 10.1. The molecule has 42 heavy (non-hydrogen) atoms. The molecule has 2 amide bonds. The van der Waals surface area contributed by atoms with Gasteiger partial charge in [0.15, 0.2) is 0 Å². The van der Waals surface area contributed by atoms with Gasteiger partial charge in [-0.15, -0.1) is 0 Å². The average molecular weight is 594 g/mol. The molecule has 1 saturated carbocycles. The summed E-state index contributed by atoms with van der Waals surface area (Å²) in [7, 11) is -1.19. The van der Waals surface area contributed by atoms with Gasteiger partial charge in [-0.25, -0.2) is 8.42 Å². The lowest BCUT2D eigenvalue weighted by molar-refractivity contribution is -0.139. The van der Waals surface area contributed by atoms with Gasteiger partial charge in [0.25, 0.3) is 10.0 Å². The normalized spacial score (nSPS) is 14.2. The lowest BCUT2D eigenvalue weighted by Gasteiger charge is -2.33. The first-order valence-corrected chi connectivity index (χ1v) is 15.5. The van der Waals surface area contributed by atoms with Gasteiger partial charge in [0, 0.05) is 12.6 Å². The fraction of sp³-hybridized carbons (Fsp3) is 0.375. The van der Waals surface area contributed by atoms with E-state index in [2.05, 4.69) is 5.32 Å². The minimum atomic E-state index is -4.19. The number of carbonyl (C=O) groups excluding carboxylic acids is 2. The molecule has 0 radical (unpaired) electrons. The van der Waals surface area contributed by atoms with E-state index in [1.165, 1.54) is 24.1 Å². The number of methoxy groups -OCH3 is 2. The van der Waals surface area contributed by atoms with Crippen LogP contribution >= 0.6 is 0 Å². The van der Waals surface area contributed by atoms with Crippen molar-refractivity contribution >= 4 is 27.5 Å². The molecule has 1 atom stereocenters. The van der Waals surface area contributed by atoms with Crippen LogP contribution in [0.2, 0.25) is 0 Å². The summed E-state index contributed by atoms with van der Waals surface area (Å²) >= 11 is 0. The monoisotopic (exact) mass is 593 g/mol. The van der Waals surface area contributed by atoms with E-state index in [1.807, 2.05) is 19.1 Å². The zero-order valence-electron chi connectivity index (χ0n) is 24.6. The van der Waals surface area contributed by atoms with Crippen molar-refractivity contribution in [2.75, 3.05) is 25.1 Å². The van der Waals surface area contributed by atoms with Crippen LogP contribution in [0.1, 0.15) is 43.7 Å². The van der Waals surface area contributed by atoms with Crippen molar-refractivity contribution in [1.29, 1.82) is 0 Å². The number of hydrogen-bond acceptors (Lipinski definition) is 6. The molecule has 1 N–H and O–H groups in total. The first-order valence-electron chi connectivity index (χ1n) is 14.1. The number of hydrogen-bond donors (Lipinski definition) is 1. The number of anilines is 1. The molecule has 224 valence electrons. The molecule has 3 aromatic rings. The van der Waals surface area contributed by atoms with Gasteiger partial charge in [-0.1, -0.05) is 54.8 Å². The van der Waals surface area contributed by atoms with Crippen LogP contribution in [0.5, 0.6) is 11.5 Å². The zero-order valence-corrected chi connectivity index (χ0v) is 25.4. The van der Waals surface area contributed by atoms with E-state index in [1.54, 1.807) is 62.6 Å². The molecule has 1 aliphatic rings. The first-order chi connectivity index (χ1) is 20.1. The Morgan fingerprint density at radius 2 is 1.64 bits per heavy atom. The van der Waals surface area contributed by atoms with Gasteiger partial charge in [-0.3, -0.25) is 13.9 Å². The molecule has 0 aromatic heterocycles. The molecule has 1 aliphatic carbocycles. The highest BCUT2D eigenvalue weighted by Crippen LogP contribution is 2.32. The smallest absolute Gasteiger partial charge is 0.264 e. The van der Waals surface area contributed by atoms with Gasteiger partial charge in [0.1, 0.15) is 24.1 Å². The molecule has 3 aromatic carbocycles. The third-order valence-corrected chi connectivity index (χ3v) is 9.37. The molecule has 0 spiro atoms. The summed E-state index contributed by atoms with van der Waals surface area (Å²) in [5.74, 6) is 0.102. The fourth-order valence-electron chi connectivity index (χ4n) is 5.13. The van der Waals surface area contributed by atoms with Gasteiger partial charge >= 0.3 is 0 Å². The van der Waals surface area contributed by atoms with E-state index in [0.29, 0.717) is 11.5 Å². The second kappa shape index (κ2) is 13.7. The molecule has 9 nitrogen and oxygen atoms in total. The Morgan fingerprint density at radius 3 is 2.31 bits per heavy atom. The summed E-state index contributed by atoms with van der Waals surface area (Å²) in [4.78, 5) is 29.0. The average Bonchev–Trinajstić information content (AvgIpc) is 3.51. The van der Waals surface area contributed by atoms with Crippen molar-refractivity contribution in [3.05, 3.63) is 83.9 Å². The second-order valence-corrected chi connectivity index (χ2v) is 12.4. The van der Waals surface area contributed by atoms with Crippen molar-refractivity contribution in [3.63, 3.8) is 0 Å². The largest absolute Gasteiger partial charge is 0.497 e. The summed E-state index contributed by atoms with van der Waals surface area (Å²) in [6, 6.07) is 19.6. The number of nitrogens with zero attached hydrogens (tertiary/aromatic N) is 2. The molecule has 0 bridgehead atoms. The Balaban J connectivity index is 1.72. The minimum absolute atomic E-state index is 0.0400. The topological polar surface area (TPSA) is 105 Å². The lowest BCUT2D eigenvalue weighted by atomic mass is 10.1. The Labute approximate surface area is 248 Å². The highest BCUT2D eigenvalue weighted by Gasteiger charge is 2.34. The third-order valence-electron chi connectivity index (χ3n) is 7.60. The standard InChI is InChI=1S/C32H39N3O6S/c1-23-16-18-28(19-17-23)42(38,39)35(29-14-7-8-15-30(29)41-4)22-31(36)34(21-25-10-9-13-27(20-25)40-3)24(2)32(37)33-26-11-5-6-12-26/h7-10,13-20,24,26H,5-6,11-12,21-22H2,1-4H3,(H,33,37)/t24-/m0/s1. The number of nitrogens with one attached hydrogen (secondary N) is 1. The van der Waals surface area contributed by atoms with E-state index in [9.17, 15) is 18.0 Å². The molecule has 10 heteroatoms. The van der Waals surface area contributed by atoms with Gasteiger partial charge in [-0.05, 0) is 68.7 Å². The van der Waals surface area contributed by atoms with Crippen molar-refractivity contribution in [2.45, 2.75) is 63.1 Å². The lowest BCUT2D eigenvalue weighted by Crippen LogP contribution is -2.52. The summed E-state index contributed by atoms with van der Waals surface area (Å²) in [5, 5.41) is 3.08. The summed E-state index contributed by atoms with van der Waals surface area (Å²) < 4.78 is 40.0. The SMILES string of the molecule is COc1cccc(CN(C(=O)CN(c2ccccc2OC)S(=O)(=O)c2ccc(C)cc2)[C@@H](C)C(=O)NC2CCCC2)c1. The fourth-order valence-corrected chi connectivity index (χ4v) is 6.55. The predicted octanol–water partition coefficient (Wildman–Crippen LogP) is 4.68. The van der Waals surface area contributed by atoms with Crippen LogP contribution in [-0.4, -0.2) is 58.0 Å². The Bertz CT molecular complexity index is 1490. The van der Waals surface area contributed by atoms with Crippen molar-refractivity contribution in [1.82, 2.24) is 10.2 Å². The van der Waals surface area contributed by atoms with E-state index in [0.717, 1.165) is 41.1 Å². The van der Waals surface area contributed by atoms with Crippen LogP contribution in [0.4, 0.5) is 5.69 Å². The van der Waals surface area contributed by atoms with E-state index in [-0.39, 0.29) is 29.1 Å². The van der Waals surface area contributed by atoms with Crippen molar-refractivity contribution in [2.24, 2.45) is 0 Å². The highest BCUT2D eigenvalue weighted by atomic mass is 32.2.